The lowest BCUT2D eigenvalue weighted by molar-refractivity contribution is 0.890. The number of allylic oxidation sites excluding steroid dienone is 1. The van der Waals surface area contributed by atoms with Gasteiger partial charge in [-0.3, -0.25) is 0 Å². The first-order chi connectivity index (χ1) is 6.22. The predicted molar refractivity (Wildman–Crippen MR) is 58.9 cm³/mol. The average molecular weight is 174 g/mol. The maximum absolute atomic E-state index is 4.01. The first-order valence-corrected chi connectivity index (χ1v) is 4.94. The zero-order chi connectivity index (χ0) is 9.68. The minimum atomic E-state index is 1.10. The van der Waals surface area contributed by atoms with Crippen LogP contribution in [0.15, 0.2) is 36.4 Å². The van der Waals surface area contributed by atoms with Gasteiger partial charge in [0, 0.05) is 0 Å². The van der Waals surface area contributed by atoms with Gasteiger partial charge in [0.05, 0.1) is 0 Å². The summed E-state index contributed by atoms with van der Waals surface area (Å²) in [5.41, 5.74) is 4.10. The number of hydrogen-bond donors (Lipinski definition) is 0. The van der Waals surface area contributed by atoms with Crippen molar-refractivity contribution in [2.45, 2.75) is 33.1 Å². The summed E-state index contributed by atoms with van der Waals surface area (Å²) in [6.45, 7) is 8.29. The van der Waals surface area contributed by atoms with Crippen molar-refractivity contribution < 1.29 is 0 Å². The van der Waals surface area contributed by atoms with Crippen molar-refractivity contribution in [1.82, 2.24) is 0 Å². The molecule has 0 N–H and O–H groups in total. The summed E-state index contributed by atoms with van der Waals surface area (Å²) in [5.74, 6) is 0. The zero-order valence-electron chi connectivity index (χ0n) is 8.64. The highest BCUT2D eigenvalue weighted by Gasteiger charge is 1.94. The highest BCUT2D eigenvalue weighted by Crippen LogP contribution is 2.10. The summed E-state index contributed by atoms with van der Waals surface area (Å²) < 4.78 is 0. The van der Waals surface area contributed by atoms with Gasteiger partial charge in [0.2, 0.25) is 0 Å². The van der Waals surface area contributed by atoms with E-state index in [0.29, 0.717) is 0 Å². The Morgan fingerprint density at radius 3 is 2.38 bits per heavy atom. The fraction of sp³-hybridized carbons (Fsp3) is 0.385. The van der Waals surface area contributed by atoms with Crippen molar-refractivity contribution in [1.29, 1.82) is 0 Å². The van der Waals surface area contributed by atoms with Gasteiger partial charge in [-0.2, -0.15) is 0 Å². The van der Waals surface area contributed by atoms with E-state index < -0.39 is 0 Å². The van der Waals surface area contributed by atoms with Crippen molar-refractivity contribution in [3.8, 4) is 0 Å². The second-order valence-electron chi connectivity index (χ2n) is 3.59. The Labute approximate surface area is 81.3 Å². The summed E-state index contributed by atoms with van der Waals surface area (Å²) in [5, 5.41) is 0. The summed E-state index contributed by atoms with van der Waals surface area (Å²) in [6.07, 6.45) is 3.36. The van der Waals surface area contributed by atoms with Crippen LogP contribution in [0.5, 0.6) is 0 Å². The molecule has 0 atom stereocenters. The molecule has 0 aromatic heterocycles. The number of benzene rings is 1. The molecule has 0 aliphatic carbocycles. The Morgan fingerprint density at radius 2 is 1.85 bits per heavy atom. The fourth-order valence-corrected chi connectivity index (χ4v) is 1.25. The first kappa shape index (κ1) is 10.0. The van der Waals surface area contributed by atoms with E-state index in [4.69, 9.17) is 0 Å². The van der Waals surface area contributed by atoms with Crippen LogP contribution in [0.25, 0.3) is 0 Å². The van der Waals surface area contributed by atoms with Gasteiger partial charge >= 0.3 is 0 Å². The summed E-state index contributed by atoms with van der Waals surface area (Å²) in [7, 11) is 0. The molecule has 13 heavy (non-hydrogen) atoms. The highest BCUT2D eigenvalue weighted by atomic mass is 14.0. The molecule has 1 rings (SSSR count). The first-order valence-electron chi connectivity index (χ1n) is 4.94. The molecule has 0 saturated carbocycles. The minimum Gasteiger partial charge on any atom is -0.0999 e. The SMILES string of the molecule is C=C(CC)CCc1ccc(C)cc1. The van der Waals surface area contributed by atoms with Crippen molar-refractivity contribution in [2.75, 3.05) is 0 Å². The van der Waals surface area contributed by atoms with Gasteiger partial charge in [0.25, 0.3) is 0 Å². The molecule has 0 unspecified atom stereocenters. The van der Waals surface area contributed by atoms with Crippen LogP contribution in [-0.2, 0) is 6.42 Å². The molecule has 0 aliphatic heterocycles. The largest absolute Gasteiger partial charge is 0.0999 e. The number of aryl methyl sites for hydroxylation is 2. The van der Waals surface area contributed by atoms with Crippen LogP contribution < -0.4 is 0 Å². The average Bonchev–Trinajstić information content (AvgIpc) is 2.16. The molecule has 0 heterocycles. The van der Waals surface area contributed by atoms with E-state index in [9.17, 15) is 0 Å². The van der Waals surface area contributed by atoms with E-state index in [2.05, 4.69) is 44.7 Å². The third-order valence-electron chi connectivity index (χ3n) is 2.39. The van der Waals surface area contributed by atoms with Crippen LogP contribution in [0.2, 0.25) is 0 Å². The molecule has 0 fully saturated rings. The standard InChI is InChI=1S/C13H18/c1-4-11(2)5-8-13-9-6-12(3)7-10-13/h6-7,9-10H,2,4-5,8H2,1,3H3. The Kier molecular flexibility index (Phi) is 3.75. The number of rotatable bonds is 4. The molecule has 0 radical (unpaired) electrons. The van der Waals surface area contributed by atoms with Gasteiger partial charge in [0.15, 0.2) is 0 Å². The smallest absolute Gasteiger partial charge is 0.0242 e. The van der Waals surface area contributed by atoms with Crippen LogP contribution in [0.4, 0.5) is 0 Å². The molecular weight excluding hydrogens is 156 g/mol. The Balaban J connectivity index is 2.46. The third-order valence-corrected chi connectivity index (χ3v) is 2.39. The van der Waals surface area contributed by atoms with Gasteiger partial charge < -0.3 is 0 Å². The molecule has 0 aliphatic rings. The van der Waals surface area contributed by atoms with E-state index in [0.717, 1.165) is 19.3 Å². The summed E-state index contributed by atoms with van der Waals surface area (Å²) in [4.78, 5) is 0. The van der Waals surface area contributed by atoms with Gasteiger partial charge in [-0.25, -0.2) is 0 Å². The molecular formula is C13H18. The summed E-state index contributed by atoms with van der Waals surface area (Å²) in [6, 6.07) is 8.75. The van der Waals surface area contributed by atoms with E-state index in [1.807, 2.05) is 0 Å². The minimum absolute atomic E-state index is 1.10. The van der Waals surface area contributed by atoms with Crippen LogP contribution in [-0.4, -0.2) is 0 Å². The Hall–Kier alpha value is -1.04. The van der Waals surface area contributed by atoms with Crippen molar-refractivity contribution in [2.24, 2.45) is 0 Å². The predicted octanol–water partition coefficient (Wildman–Crippen LogP) is 3.89. The van der Waals surface area contributed by atoms with Crippen molar-refractivity contribution in [3.05, 3.63) is 47.5 Å². The fourth-order valence-electron chi connectivity index (χ4n) is 1.25. The Morgan fingerprint density at radius 1 is 1.23 bits per heavy atom. The van der Waals surface area contributed by atoms with Crippen molar-refractivity contribution >= 4 is 0 Å². The molecule has 0 bridgehead atoms. The zero-order valence-corrected chi connectivity index (χ0v) is 8.64. The topological polar surface area (TPSA) is 0 Å². The van der Waals surface area contributed by atoms with Crippen LogP contribution in [0, 0.1) is 6.92 Å². The molecule has 0 nitrogen and oxygen atoms in total. The quantitative estimate of drug-likeness (QED) is 0.607. The van der Waals surface area contributed by atoms with Gasteiger partial charge in [-0.15, -0.1) is 0 Å². The molecule has 70 valence electrons. The second kappa shape index (κ2) is 4.86. The maximum atomic E-state index is 4.01. The lowest BCUT2D eigenvalue weighted by Gasteiger charge is -2.03. The molecule has 0 heteroatoms. The Bertz CT molecular complexity index is 267. The molecule has 0 spiro atoms. The van der Waals surface area contributed by atoms with Gasteiger partial charge in [-0.05, 0) is 31.7 Å². The van der Waals surface area contributed by atoms with E-state index >= 15 is 0 Å². The highest BCUT2D eigenvalue weighted by molar-refractivity contribution is 5.22. The van der Waals surface area contributed by atoms with Gasteiger partial charge in [-0.1, -0.05) is 48.9 Å². The lowest BCUT2D eigenvalue weighted by atomic mass is 10.0. The van der Waals surface area contributed by atoms with E-state index in [-0.39, 0.29) is 0 Å². The molecule has 1 aromatic carbocycles. The molecule has 0 saturated heterocycles. The van der Waals surface area contributed by atoms with E-state index in [1.165, 1.54) is 16.7 Å². The lowest BCUT2D eigenvalue weighted by Crippen LogP contribution is -1.87. The maximum Gasteiger partial charge on any atom is -0.0242 e. The number of hydrogen-bond acceptors (Lipinski definition) is 0. The molecule has 1 aromatic rings. The summed E-state index contributed by atoms with van der Waals surface area (Å²) >= 11 is 0. The van der Waals surface area contributed by atoms with E-state index in [1.54, 1.807) is 0 Å². The van der Waals surface area contributed by atoms with Crippen LogP contribution in [0.1, 0.15) is 30.9 Å². The molecule has 0 amide bonds. The van der Waals surface area contributed by atoms with Crippen molar-refractivity contribution in [3.63, 3.8) is 0 Å². The van der Waals surface area contributed by atoms with Crippen LogP contribution in [0.3, 0.4) is 0 Å². The monoisotopic (exact) mass is 174 g/mol. The van der Waals surface area contributed by atoms with Gasteiger partial charge in [0.1, 0.15) is 0 Å². The normalized spacial score (nSPS) is 10.0. The third kappa shape index (κ3) is 3.45. The van der Waals surface area contributed by atoms with Crippen LogP contribution >= 0.6 is 0 Å². The second-order valence-corrected chi connectivity index (χ2v) is 3.59.